The number of hydrogen-bond donors (Lipinski definition) is 1. The summed E-state index contributed by atoms with van der Waals surface area (Å²) in [6.45, 7) is 23.2. The van der Waals surface area contributed by atoms with Crippen molar-refractivity contribution in [2.75, 3.05) is 19.8 Å². The second kappa shape index (κ2) is 15.0. The molecule has 0 saturated heterocycles. The molecule has 2 aromatic rings. The van der Waals surface area contributed by atoms with Gasteiger partial charge in [0.25, 0.3) is 0 Å². The Morgan fingerprint density at radius 3 is 1.96 bits per heavy atom. The Morgan fingerprint density at radius 1 is 0.761 bits per heavy atom. The van der Waals surface area contributed by atoms with Gasteiger partial charge in [-0.05, 0) is 97.5 Å². The molecule has 0 aliphatic carbocycles. The number of benzene rings is 2. The first-order chi connectivity index (χ1) is 21.2. The molecule has 46 heavy (non-hydrogen) atoms. The quantitative estimate of drug-likeness (QED) is 0.154. The van der Waals surface area contributed by atoms with Crippen molar-refractivity contribution in [3.63, 3.8) is 0 Å². The van der Waals surface area contributed by atoms with Crippen molar-refractivity contribution < 1.29 is 32.1 Å². The lowest BCUT2D eigenvalue weighted by molar-refractivity contribution is -0.166. The molecular formula is C36H54F3N3O4. The van der Waals surface area contributed by atoms with E-state index in [0.29, 0.717) is 31.9 Å². The van der Waals surface area contributed by atoms with Crippen LogP contribution in [0.5, 0.6) is 11.5 Å². The van der Waals surface area contributed by atoms with Crippen LogP contribution < -0.4 is 14.8 Å². The Kier molecular flexibility index (Phi) is 12.3. The van der Waals surface area contributed by atoms with Gasteiger partial charge in [-0.25, -0.2) is 0 Å². The fraction of sp³-hybridized carbons (Fsp3) is 0.667. The SMILES string of the molecule is CC(C)COC(C)(C)CCNCc1cc(OC(C)C)cc(OC(C)(C)CCOC(C)(C)Cc2ccc(C3(C(F)(F)F)N=N3)cc2)c1. The average Bonchev–Trinajstić information content (AvgIpc) is 3.72. The lowest BCUT2D eigenvalue weighted by atomic mass is 9.95. The summed E-state index contributed by atoms with van der Waals surface area (Å²) in [7, 11) is 0. The van der Waals surface area contributed by atoms with E-state index in [1.165, 1.54) is 12.1 Å². The van der Waals surface area contributed by atoms with E-state index in [4.69, 9.17) is 18.9 Å². The van der Waals surface area contributed by atoms with Crippen molar-refractivity contribution in [3.8, 4) is 11.5 Å². The highest BCUT2D eigenvalue weighted by atomic mass is 19.4. The Hall–Kier alpha value is -2.69. The molecule has 1 heterocycles. The molecule has 0 fully saturated rings. The van der Waals surface area contributed by atoms with Crippen LogP contribution in [0.3, 0.4) is 0 Å². The van der Waals surface area contributed by atoms with Crippen molar-refractivity contribution in [2.45, 2.75) is 130 Å². The minimum absolute atomic E-state index is 0.0267. The second-order valence-electron chi connectivity index (χ2n) is 14.8. The van der Waals surface area contributed by atoms with Crippen LogP contribution in [0.1, 0.15) is 98.8 Å². The first-order valence-electron chi connectivity index (χ1n) is 16.3. The van der Waals surface area contributed by atoms with Crippen LogP contribution in [0.15, 0.2) is 52.7 Å². The Labute approximate surface area is 273 Å². The van der Waals surface area contributed by atoms with E-state index in [2.05, 4.69) is 43.2 Å². The van der Waals surface area contributed by atoms with Gasteiger partial charge >= 0.3 is 11.8 Å². The van der Waals surface area contributed by atoms with Gasteiger partial charge in [-0.2, -0.15) is 13.2 Å². The van der Waals surface area contributed by atoms with E-state index in [1.807, 2.05) is 59.7 Å². The zero-order valence-electron chi connectivity index (χ0n) is 29.3. The van der Waals surface area contributed by atoms with Crippen molar-refractivity contribution in [1.82, 2.24) is 5.32 Å². The van der Waals surface area contributed by atoms with Gasteiger partial charge in [0.2, 0.25) is 0 Å². The topological polar surface area (TPSA) is 73.7 Å². The lowest BCUT2D eigenvalue weighted by Gasteiger charge is -2.31. The van der Waals surface area contributed by atoms with Crippen LogP contribution in [0, 0.1) is 5.92 Å². The molecular weight excluding hydrogens is 595 g/mol. The van der Waals surface area contributed by atoms with Crippen molar-refractivity contribution in [2.24, 2.45) is 16.1 Å². The van der Waals surface area contributed by atoms with E-state index in [1.54, 1.807) is 12.1 Å². The predicted octanol–water partition coefficient (Wildman–Crippen LogP) is 9.17. The predicted molar refractivity (Wildman–Crippen MR) is 175 cm³/mol. The van der Waals surface area contributed by atoms with Crippen molar-refractivity contribution >= 4 is 0 Å². The molecule has 0 unspecified atom stereocenters. The average molecular weight is 650 g/mol. The minimum Gasteiger partial charge on any atom is -0.491 e. The van der Waals surface area contributed by atoms with E-state index in [-0.39, 0.29) is 17.3 Å². The van der Waals surface area contributed by atoms with E-state index in [0.717, 1.165) is 42.2 Å². The first-order valence-corrected chi connectivity index (χ1v) is 16.3. The summed E-state index contributed by atoms with van der Waals surface area (Å²) in [4.78, 5) is 0. The molecule has 0 atom stereocenters. The third kappa shape index (κ3) is 11.8. The normalized spacial score (nSPS) is 15.1. The fourth-order valence-electron chi connectivity index (χ4n) is 5.00. The van der Waals surface area contributed by atoms with Gasteiger partial charge in [-0.1, -0.05) is 38.1 Å². The molecule has 0 bridgehead atoms. The van der Waals surface area contributed by atoms with Gasteiger partial charge in [0.15, 0.2) is 0 Å². The first kappa shape index (κ1) is 37.8. The Morgan fingerprint density at radius 2 is 1.39 bits per heavy atom. The highest BCUT2D eigenvalue weighted by Crippen LogP contribution is 2.52. The third-order valence-electron chi connectivity index (χ3n) is 7.62. The number of hydrogen-bond acceptors (Lipinski definition) is 7. The molecule has 0 spiro atoms. The van der Waals surface area contributed by atoms with Gasteiger partial charge in [-0.15, -0.1) is 10.2 Å². The van der Waals surface area contributed by atoms with Gasteiger partial charge in [0.05, 0.1) is 23.9 Å². The maximum absolute atomic E-state index is 13.3. The molecule has 0 aromatic heterocycles. The van der Waals surface area contributed by atoms with Gasteiger partial charge in [0.1, 0.15) is 17.1 Å². The molecule has 1 aliphatic rings. The van der Waals surface area contributed by atoms with Crippen LogP contribution in [0.25, 0.3) is 0 Å². The van der Waals surface area contributed by atoms with Crippen LogP contribution in [-0.2, 0) is 28.1 Å². The summed E-state index contributed by atoms with van der Waals surface area (Å²) in [6, 6.07) is 12.3. The second-order valence-corrected chi connectivity index (χ2v) is 14.8. The summed E-state index contributed by atoms with van der Waals surface area (Å²) in [5.74, 6) is 1.99. The minimum atomic E-state index is -4.53. The molecule has 0 radical (unpaired) electrons. The number of ether oxygens (including phenoxy) is 4. The number of nitrogens with zero attached hydrogens (tertiary/aromatic N) is 2. The molecule has 7 nitrogen and oxygen atoms in total. The standard InChI is InChI=1S/C36H54F3N3O4/c1-25(2)24-44-32(5,6)15-17-40-23-28-19-30(45-26(3)4)21-31(20-28)46-33(7,8)16-18-43-34(9,10)22-27-11-13-29(14-12-27)35(41-42-35)36(37,38)39/h11-14,19-21,25-26,40H,15-18,22-24H2,1-10H3. The molecule has 10 heteroatoms. The zero-order valence-corrected chi connectivity index (χ0v) is 29.3. The zero-order chi connectivity index (χ0) is 34.4. The summed E-state index contributed by atoms with van der Waals surface area (Å²) < 4.78 is 64.8. The smallest absolute Gasteiger partial charge is 0.442 e. The summed E-state index contributed by atoms with van der Waals surface area (Å²) in [5.41, 5.74) is -1.69. The molecule has 0 saturated carbocycles. The third-order valence-corrected chi connectivity index (χ3v) is 7.62. The molecule has 0 amide bonds. The maximum Gasteiger partial charge on any atom is 0.442 e. The molecule has 1 aliphatic heterocycles. The van der Waals surface area contributed by atoms with Crippen molar-refractivity contribution in [3.05, 3.63) is 59.2 Å². The van der Waals surface area contributed by atoms with Gasteiger partial charge < -0.3 is 24.3 Å². The molecule has 1 N–H and O–H groups in total. The van der Waals surface area contributed by atoms with Crippen LogP contribution in [0.2, 0.25) is 0 Å². The summed E-state index contributed by atoms with van der Waals surface area (Å²) in [6.07, 6.45) is -2.45. The summed E-state index contributed by atoms with van der Waals surface area (Å²) in [5, 5.41) is 10.1. The fourth-order valence-corrected chi connectivity index (χ4v) is 5.00. The van der Waals surface area contributed by atoms with Gasteiger partial charge in [0, 0.05) is 37.6 Å². The van der Waals surface area contributed by atoms with E-state index >= 15 is 0 Å². The largest absolute Gasteiger partial charge is 0.491 e. The lowest BCUT2D eigenvalue weighted by Crippen LogP contribution is -2.34. The van der Waals surface area contributed by atoms with Crippen LogP contribution in [-0.4, -0.2) is 48.8 Å². The Balaban J connectivity index is 1.54. The molecule has 258 valence electrons. The number of alkyl halides is 3. The summed E-state index contributed by atoms with van der Waals surface area (Å²) >= 11 is 0. The highest BCUT2D eigenvalue weighted by molar-refractivity contribution is 5.39. The molecule has 3 rings (SSSR count). The molecule has 2 aromatic carbocycles. The number of nitrogens with one attached hydrogen (secondary N) is 1. The van der Waals surface area contributed by atoms with Crippen LogP contribution in [0.4, 0.5) is 13.2 Å². The number of halogens is 3. The maximum atomic E-state index is 13.3. The highest BCUT2D eigenvalue weighted by Gasteiger charge is 2.65. The van der Waals surface area contributed by atoms with Gasteiger partial charge in [-0.3, -0.25) is 0 Å². The number of rotatable bonds is 19. The van der Waals surface area contributed by atoms with Crippen molar-refractivity contribution in [1.29, 1.82) is 0 Å². The Bertz CT molecular complexity index is 1280. The van der Waals surface area contributed by atoms with E-state index < -0.39 is 23.0 Å². The monoisotopic (exact) mass is 649 g/mol. The van der Waals surface area contributed by atoms with E-state index in [9.17, 15) is 13.2 Å². The van der Waals surface area contributed by atoms with Crippen LogP contribution >= 0.6 is 0 Å².